The minimum Gasteiger partial charge on any atom is -0.481 e. The van der Waals surface area contributed by atoms with E-state index in [2.05, 4.69) is 0 Å². The van der Waals surface area contributed by atoms with Crippen molar-refractivity contribution in [3.8, 4) is 0 Å². The van der Waals surface area contributed by atoms with Crippen molar-refractivity contribution in [2.24, 2.45) is 11.8 Å². The molecule has 0 aromatic heterocycles. The summed E-state index contributed by atoms with van der Waals surface area (Å²) in [6.07, 6.45) is 9.11. The molecule has 0 aromatic carbocycles. The van der Waals surface area contributed by atoms with E-state index in [-0.39, 0.29) is 42.7 Å². The minimum atomic E-state index is -0.806. The van der Waals surface area contributed by atoms with Crippen LogP contribution in [0, 0.1) is 11.8 Å². The summed E-state index contributed by atoms with van der Waals surface area (Å²) >= 11 is 0. The number of hydrogen-bond acceptors (Lipinski definition) is 6. The molecule has 0 aromatic rings. The number of carbonyl (C=O) groups excluding carboxylic acids is 2. The summed E-state index contributed by atoms with van der Waals surface area (Å²) in [6.45, 7) is 2.03. The van der Waals surface area contributed by atoms with Gasteiger partial charge in [0.25, 0.3) is 0 Å². The van der Waals surface area contributed by atoms with Gasteiger partial charge < -0.3 is 24.1 Å². The number of rotatable bonds is 10. The van der Waals surface area contributed by atoms with Crippen LogP contribution in [0.1, 0.15) is 58.3 Å². The van der Waals surface area contributed by atoms with Crippen LogP contribution in [0.5, 0.6) is 0 Å². The number of carboxylic acid groups (broad SMARTS) is 1. The van der Waals surface area contributed by atoms with Gasteiger partial charge in [-0.1, -0.05) is 12.2 Å². The quantitative estimate of drug-likeness (QED) is 0.268. The Morgan fingerprint density at radius 1 is 1.22 bits per heavy atom. The maximum Gasteiger partial charge on any atom is 0.303 e. The van der Waals surface area contributed by atoms with Gasteiger partial charge >= 0.3 is 11.9 Å². The Balaban J connectivity index is 1.94. The van der Waals surface area contributed by atoms with E-state index < -0.39 is 5.97 Å². The fourth-order valence-corrected chi connectivity index (χ4v) is 3.83. The highest BCUT2D eigenvalue weighted by Crippen LogP contribution is 2.39. The van der Waals surface area contributed by atoms with Gasteiger partial charge in [0.05, 0.1) is 6.10 Å². The number of hydrogen-bond donors (Lipinski definition) is 1. The van der Waals surface area contributed by atoms with E-state index in [0.717, 1.165) is 25.5 Å². The fraction of sp³-hybridized carbons (Fsp3) is 0.750. The molecule has 1 unspecified atom stereocenters. The highest BCUT2D eigenvalue weighted by Gasteiger charge is 2.46. The number of aliphatic carboxylic acids is 1. The van der Waals surface area contributed by atoms with Gasteiger partial charge in [0, 0.05) is 38.2 Å². The Morgan fingerprint density at radius 2 is 2.04 bits per heavy atom. The molecule has 1 saturated heterocycles. The Bertz CT molecular complexity index is 524. The van der Waals surface area contributed by atoms with Gasteiger partial charge in [0.1, 0.15) is 12.4 Å². The number of carboxylic acids is 1. The van der Waals surface area contributed by atoms with Crippen molar-refractivity contribution >= 4 is 18.2 Å². The first-order valence-electron chi connectivity index (χ1n) is 9.77. The SMILES string of the molecule is CC(=O)O[C@H]1C[C@@H](OC2CCCCO2)[C@H](C=O)[C@H]1CC=CCCCC(=O)O. The summed E-state index contributed by atoms with van der Waals surface area (Å²) in [4.78, 5) is 33.8. The van der Waals surface area contributed by atoms with E-state index in [1.54, 1.807) is 0 Å². The molecule has 2 rings (SSSR count). The highest BCUT2D eigenvalue weighted by molar-refractivity contribution is 5.67. The molecule has 7 heteroatoms. The van der Waals surface area contributed by atoms with Crippen LogP contribution in [0.2, 0.25) is 0 Å². The predicted octanol–water partition coefficient (Wildman–Crippen LogP) is 2.87. The van der Waals surface area contributed by atoms with Crippen molar-refractivity contribution in [2.75, 3.05) is 6.61 Å². The van der Waals surface area contributed by atoms with Crippen LogP contribution in [0.4, 0.5) is 0 Å². The largest absolute Gasteiger partial charge is 0.481 e. The van der Waals surface area contributed by atoms with Gasteiger partial charge in [-0.05, 0) is 38.5 Å². The van der Waals surface area contributed by atoms with Crippen molar-refractivity contribution in [1.82, 2.24) is 0 Å². The summed E-state index contributed by atoms with van der Waals surface area (Å²) in [5, 5.41) is 8.66. The molecule has 7 nitrogen and oxygen atoms in total. The molecule has 0 amide bonds. The third-order valence-corrected chi connectivity index (χ3v) is 5.14. The number of unbranched alkanes of at least 4 members (excludes halogenated alkanes) is 1. The molecule has 1 heterocycles. The summed E-state index contributed by atoms with van der Waals surface area (Å²) < 4.78 is 17.1. The lowest BCUT2D eigenvalue weighted by Gasteiger charge is -2.27. The highest BCUT2D eigenvalue weighted by atomic mass is 16.7. The predicted molar refractivity (Wildman–Crippen MR) is 96.9 cm³/mol. The zero-order chi connectivity index (χ0) is 19.6. The Kier molecular flexibility index (Phi) is 8.94. The van der Waals surface area contributed by atoms with Gasteiger partial charge in [0.2, 0.25) is 0 Å². The van der Waals surface area contributed by atoms with Crippen molar-refractivity contribution < 1.29 is 33.7 Å². The third kappa shape index (κ3) is 7.07. The number of allylic oxidation sites excluding steroid dienone is 2. The van der Waals surface area contributed by atoms with Gasteiger partial charge in [-0.3, -0.25) is 9.59 Å². The van der Waals surface area contributed by atoms with Crippen molar-refractivity contribution in [1.29, 1.82) is 0 Å². The van der Waals surface area contributed by atoms with Crippen LogP contribution in [0.25, 0.3) is 0 Å². The Morgan fingerprint density at radius 3 is 2.67 bits per heavy atom. The second kappa shape index (κ2) is 11.2. The van der Waals surface area contributed by atoms with Gasteiger partial charge in [0.15, 0.2) is 6.29 Å². The number of ether oxygens (including phenoxy) is 3. The van der Waals surface area contributed by atoms with E-state index in [9.17, 15) is 14.4 Å². The molecule has 1 aliphatic carbocycles. The first kappa shape index (κ1) is 21.6. The van der Waals surface area contributed by atoms with Gasteiger partial charge in [-0.15, -0.1) is 0 Å². The minimum absolute atomic E-state index is 0.137. The number of esters is 1. The second-order valence-electron chi connectivity index (χ2n) is 7.22. The van der Waals surface area contributed by atoms with Crippen LogP contribution >= 0.6 is 0 Å². The maximum absolute atomic E-state index is 11.8. The van der Waals surface area contributed by atoms with Crippen molar-refractivity contribution in [3.05, 3.63) is 12.2 Å². The number of aldehydes is 1. The molecule has 0 radical (unpaired) electrons. The van der Waals surface area contributed by atoms with Crippen LogP contribution in [0.3, 0.4) is 0 Å². The van der Waals surface area contributed by atoms with E-state index >= 15 is 0 Å². The van der Waals surface area contributed by atoms with Crippen LogP contribution in [-0.2, 0) is 28.6 Å². The van der Waals surface area contributed by atoms with E-state index in [4.69, 9.17) is 19.3 Å². The summed E-state index contributed by atoms with van der Waals surface area (Å²) in [7, 11) is 0. The molecular weight excluding hydrogens is 352 g/mol. The molecule has 1 saturated carbocycles. The van der Waals surface area contributed by atoms with Crippen molar-refractivity contribution in [2.45, 2.75) is 76.8 Å². The smallest absolute Gasteiger partial charge is 0.303 e. The van der Waals surface area contributed by atoms with Crippen molar-refractivity contribution in [3.63, 3.8) is 0 Å². The van der Waals surface area contributed by atoms with Crippen LogP contribution < -0.4 is 0 Å². The molecule has 5 atom stereocenters. The topological polar surface area (TPSA) is 99.1 Å². The van der Waals surface area contributed by atoms with Gasteiger partial charge in [-0.25, -0.2) is 0 Å². The normalized spacial score (nSPS) is 31.1. The molecule has 152 valence electrons. The fourth-order valence-electron chi connectivity index (χ4n) is 3.83. The standard InChI is InChI=1S/C20H30O7/c1-14(22)26-17-12-18(27-20-10-6-7-11-25-20)16(13-21)15(17)8-4-2-3-5-9-19(23)24/h2,4,13,15-18,20H,3,5-12H2,1H3,(H,23,24)/t15-,16-,17+,18-,20?/m1/s1. The maximum atomic E-state index is 11.8. The molecular formula is C20H30O7. The van der Waals surface area contributed by atoms with Crippen LogP contribution in [0.15, 0.2) is 12.2 Å². The van der Waals surface area contributed by atoms with E-state index in [1.165, 1.54) is 6.92 Å². The first-order valence-corrected chi connectivity index (χ1v) is 9.77. The lowest BCUT2D eigenvalue weighted by Crippen LogP contribution is -2.32. The average molecular weight is 382 g/mol. The second-order valence-corrected chi connectivity index (χ2v) is 7.22. The average Bonchev–Trinajstić information content (AvgIpc) is 2.94. The third-order valence-electron chi connectivity index (χ3n) is 5.14. The van der Waals surface area contributed by atoms with E-state index in [1.807, 2.05) is 12.2 Å². The molecule has 2 fully saturated rings. The lowest BCUT2D eigenvalue weighted by molar-refractivity contribution is -0.195. The molecule has 1 aliphatic heterocycles. The van der Waals surface area contributed by atoms with Crippen LogP contribution in [-0.4, -0.2) is 48.4 Å². The molecule has 0 bridgehead atoms. The van der Waals surface area contributed by atoms with E-state index in [0.29, 0.717) is 32.3 Å². The summed E-state index contributed by atoms with van der Waals surface area (Å²) in [5.41, 5.74) is 0. The lowest BCUT2D eigenvalue weighted by atomic mass is 9.91. The molecule has 27 heavy (non-hydrogen) atoms. The number of carbonyl (C=O) groups is 3. The summed E-state index contributed by atoms with van der Waals surface area (Å²) in [5.74, 6) is -1.67. The monoisotopic (exact) mass is 382 g/mol. The molecule has 2 aliphatic rings. The van der Waals surface area contributed by atoms with Gasteiger partial charge in [-0.2, -0.15) is 0 Å². The zero-order valence-electron chi connectivity index (χ0n) is 15.9. The molecule has 1 N–H and O–H groups in total. The Hall–Kier alpha value is -1.73. The molecule has 0 spiro atoms. The first-order chi connectivity index (χ1) is 13.0. The Labute approximate surface area is 160 Å². The zero-order valence-corrected chi connectivity index (χ0v) is 15.9. The summed E-state index contributed by atoms with van der Waals surface area (Å²) in [6, 6.07) is 0.